The van der Waals surface area contributed by atoms with Gasteiger partial charge in [-0.05, 0) is 40.2 Å². The maximum Gasteiger partial charge on any atom is 0.408 e. The molecule has 0 spiro atoms. The summed E-state index contributed by atoms with van der Waals surface area (Å²) in [5.74, 6) is -0.582. The first kappa shape index (κ1) is 22.6. The lowest BCUT2D eigenvalue weighted by molar-refractivity contribution is -0.145. The number of hydrogen-bond donors (Lipinski definition) is 1. The van der Waals surface area contributed by atoms with Gasteiger partial charge in [-0.15, -0.1) is 0 Å². The van der Waals surface area contributed by atoms with Crippen molar-refractivity contribution in [2.75, 3.05) is 26.4 Å². The lowest BCUT2D eigenvalue weighted by Crippen LogP contribution is -2.44. The van der Waals surface area contributed by atoms with Crippen molar-refractivity contribution in [1.82, 2.24) is 5.32 Å². The molecule has 2 atom stereocenters. The Morgan fingerprint density at radius 3 is 2.50 bits per heavy atom. The second-order valence-corrected chi connectivity index (χ2v) is 8.33. The van der Waals surface area contributed by atoms with Gasteiger partial charge in [0.2, 0.25) is 0 Å². The molecule has 0 unspecified atom stereocenters. The first-order valence-corrected chi connectivity index (χ1v) is 9.64. The van der Waals surface area contributed by atoms with E-state index in [9.17, 15) is 4.79 Å². The van der Waals surface area contributed by atoms with Gasteiger partial charge < -0.3 is 29.0 Å². The minimum absolute atomic E-state index is 0.123. The molecule has 0 bridgehead atoms. The van der Waals surface area contributed by atoms with Gasteiger partial charge in [0.1, 0.15) is 11.7 Å². The number of ether oxygens (including phenoxy) is 5. The van der Waals surface area contributed by atoms with Gasteiger partial charge in [-0.1, -0.05) is 30.3 Å². The highest BCUT2D eigenvalue weighted by Crippen LogP contribution is 2.22. The van der Waals surface area contributed by atoms with Gasteiger partial charge in [0.05, 0.1) is 39.1 Å². The summed E-state index contributed by atoms with van der Waals surface area (Å²) in [6.07, 6.45) is -0.617. The summed E-state index contributed by atoms with van der Waals surface area (Å²) in [6, 6.07) is 9.53. The highest BCUT2D eigenvalue weighted by Gasteiger charge is 2.32. The van der Waals surface area contributed by atoms with Crippen LogP contribution >= 0.6 is 0 Å². The van der Waals surface area contributed by atoms with Gasteiger partial charge in [0.25, 0.3) is 0 Å². The molecule has 0 aromatic heterocycles. The molecule has 0 saturated carbocycles. The highest BCUT2D eigenvalue weighted by atomic mass is 16.7. The summed E-state index contributed by atoms with van der Waals surface area (Å²) in [5, 5.41) is 2.82. The predicted molar refractivity (Wildman–Crippen MR) is 105 cm³/mol. The number of benzene rings is 1. The summed E-state index contributed by atoms with van der Waals surface area (Å²) in [6.45, 7) is 11.1. The van der Waals surface area contributed by atoms with E-state index in [2.05, 4.69) is 5.32 Å². The molecule has 2 rings (SSSR count). The van der Waals surface area contributed by atoms with E-state index in [0.717, 1.165) is 5.56 Å². The highest BCUT2D eigenvalue weighted by molar-refractivity contribution is 5.68. The number of alkyl carbamates (subject to hydrolysis) is 1. The fraction of sp³-hybridized carbons (Fsp3) is 0.667. The zero-order valence-electron chi connectivity index (χ0n) is 17.5. The Bertz CT molecular complexity index is 599. The van der Waals surface area contributed by atoms with Crippen LogP contribution in [-0.4, -0.2) is 56.1 Å². The van der Waals surface area contributed by atoms with Crippen LogP contribution in [0, 0.1) is 0 Å². The molecule has 1 aromatic carbocycles. The molecule has 7 nitrogen and oxygen atoms in total. The van der Waals surface area contributed by atoms with Crippen LogP contribution in [0.5, 0.6) is 0 Å². The Morgan fingerprint density at radius 1 is 1.21 bits per heavy atom. The van der Waals surface area contributed by atoms with Crippen molar-refractivity contribution in [3.05, 3.63) is 35.9 Å². The quantitative estimate of drug-likeness (QED) is 0.692. The molecule has 1 aliphatic rings. The number of amides is 1. The summed E-state index contributed by atoms with van der Waals surface area (Å²) >= 11 is 0. The van der Waals surface area contributed by atoms with Gasteiger partial charge in [-0.2, -0.15) is 0 Å². The normalized spacial score (nSPS) is 20.0. The van der Waals surface area contributed by atoms with E-state index in [-0.39, 0.29) is 18.8 Å². The molecule has 1 fully saturated rings. The third-order valence-electron chi connectivity index (χ3n) is 3.84. The third-order valence-corrected chi connectivity index (χ3v) is 3.84. The molecule has 0 aliphatic carbocycles. The summed E-state index contributed by atoms with van der Waals surface area (Å²) in [4.78, 5) is 12.1. The fourth-order valence-electron chi connectivity index (χ4n) is 2.69. The van der Waals surface area contributed by atoms with Crippen molar-refractivity contribution in [2.45, 2.75) is 64.8 Å². The van der Waals surface area contributed by atoms with Gasteiger partial charge in [-0.3, -0.25) is 0 Å². The van der Waals surface area contributed by atoms with Crippen LogP contribution in [0.1, 0.15) is 40.2 Å². The number of rotatable bonds is 9. The van der Waals surface area contributed by atoms with Gasteiger partial charge in [0.15, 0.2) is 5.79 Å². The van der Waals surface area contributed by atoms with Crippen LogP contribution in [0.25, 0.3) is 0 Å². The van der Waals surface area contributed by atoms with Crippen molar-refractivity contribution in [3.63, 3.8) is 0 Å². The largest absolute Gasteiger partial charge is 0.444 e. The second kappa shape index (κ2) is 10.2. The zero-order chi connectivity index (χ0) is 20.6. The first-order valence-electron chi connectivity index (χ1n) is 9.64. The molecular weight excluding hydrogens is 362 g/mol. The lowest BCUT2D eigenvalue weighted by atomic mass is 10.2. The SMILES string of the molecule is CC(C)(C)OC(=O)N[C@H](COCc1ccccc1)COC[C@@H]1COC(C)(C)O1. The Morgan fingerprint density at radius 2 is 1.89 bits per heavy atom. The van der Waals surface area contributed by atoms with Crippen LogP contribution in [-0.2, 0) is 30.3 Å². The smallest absolute Gasteiger partial charge is 0.408 e. The van der Waals surface area contributed by atoms with Gasteiger partial charge in [-0.25, -0.2) is 4.79 Å². The van der Waals surface area contributed by atoms with Gasteiger partial charge >= 0.3 is 6.09 Å². The van der Waals surface area contributed by atoms with E-state index >= 15 is 0 Å². The molecule has 1 aromatic rings. The molecule has 1 N–H and O–H groups in total. The number of carbonyl (C=O) groups is 1. The lowest BCUT2D eigenvalue weighted by Gasteiger charge is -2.24. The molecular formula is C21H33NO6. The van der Waals surface area contributed by atoms with E-state index in [4.69, 9.17) is 23.7 Å². The molecule has 1 heterocycles. The number of nitrogens with one attached hydrogen (secondary N) is 1. The minimum Gasteiger partial charge on any atom is -0.444 e. The van der Waals surface area contributed by atoms with Crippen LogP contribution in [0.2, 0.25) is 0 Å². The molecule has 158 valence electrons. The molecule has 28 heavy (non-hydrogen) atoms. The minimum atomic E-state index is -0.582. The third kappa shape index (κ3) is 9.01. The average Bonchev–Trinajstić information content (AvgIpc) is 2.93. The standard InChI is InChI=1S/C21H33NO6/c1-20(2,3)28-19(23)22-17(12-24-11-16-9-7-6-8-10-16)13-25-14-18-15-26-21(4,5)27-18/h6-10,17-18H,11-15H2,1-5H3,(H,22,23)/t17-,18-/m1/s1. The van der Waals surface area contributed by atoms with Crippen LogP contribution < -0.4 is 5.32 Å². The zero-order valence-corrected chi connectivity index (χ0v) is 17.5. The monoisotopic (exact) mass is 395 g/mol. The van der Waals surface area contributed by atoms with E-state index < -0.39 is 17.5 Å². The Balaban J connectivity index is 1.79. The molecule has 7 heteroatoms. The van der Waals surface area contributed by atoms with E-state index in [0.29, 0.717) is 26.4 Å². The molecule has 0 radical (unpaired) electrons. The molecule has 1 saturated heterocycles. The predicted octanol–water partition coefficient (Wildman–Crippen LogP) is 3.26. The molecule has 1 amide bonds. The van der Waals surface area contributed by atoms with Crippen LogP contribution in [0.4, 0.5) is 4.79 Å². The number of hydrogen-bond acceptors (Lipinski definition) is 6. The fourth-order valence-corrected chi connectivity index (χ4v) is 2.69. The van der Waals surface area contributed by atoms with Crippen molar-refractivity contribution < 1.29 is 28.5 Å². The Kier molecular flexibility index (Phi) is 8.24. The summed E-state index contributed by atoms with van der Waals surface area (Å²) in [5.41, 5.74) is 0.499. The van der Waals surface area contributed by atoms with E-state index in [1.165, 1.54) is 0 Å². The van der Waals surface area contributed by atoms with Crippen LogP contribution in [0.3, 0.4) is 0 Å². The maximum absolute atomic E-state index is 12.1. The first-order chi connectivity index (χ1) is 13.1. The Hall–Kier alpha value is -1.67. The maximum atomic E-state index is 12.1. The molecule has 1 aliphatic heterocycles. The van der Waals surface area contributed by atoms with Crippen LogP contribution in [0.15, 0.2) is 30.3 Å². The van der Waals surface area contributed by atoms with E-state index in [1.54, 1.807) is 0 Å². The average molecular weight is 395 g/mol. The topological polar surface area (TPSA) is 75.3 Å². The van der Waals surface area contributed by atoms with Crippen molar-refractivity contribution in [1.29, 1.82) is 0 Å². The van der Waals surface area contributed by atoms with Crippen molar-refractivity contribution in [3.8, 4) is 0 Å². The second-order valence-electron chi connectivity index (χ2n) is 8.33. The van der Waals surface area contributed by atoms with Gasteiger partial charge in [0, 0.05) is 0 Å². The summed E-state index contributed by atoms with van der Waals surface area (Å²) in [7, 11) is 0. The summed E-state index contributed by atoms with van der Waals surface area (Å²) < 4.78 is 28.1. The number of carbonyl (C=O) groups excluding carboxylic acids is 1. The Labute approximate surface area is 167 Å². The van der Waals surface area contributed by atoms with Crippen molar-refractivity contribution >= 4 is 6.09 Å². The van der Waals surface area contributed by atoms with Crippen molar-refractivity contribution in [2.24, 2.45) is 0 Å². The van der Waals surface area contributed by atoms with E-state index in [1.807, 2.05) is 65.0 Å².